The molecule has 362 valence electrons. The summed E-state index contributed by atoms with van der Waals surface area (Å²) >= 11 is 0. The number of aromatic nitrogens is 1. The minimum absolute atomic E-state index is 0.00980. The molecule has 0 unspecified atom stereocenters. The first kappa shape index (κ1) is 56.6. The number of hydrogen-bond acceptors (Lipinski definition) is 6. The van der Waals surface area contributed by atoms with Gasteiger partial charge in [0.1, 0.15) is 5.78 Å². The fourth-order valence-corrected chi connectivity index (χ4v) is 16.3. The second kappa shape index (κ2) is 23.0. The number of aliphatic hydroxyl groups excluding tert-OH is 1. The van der Waals surface area contributed by atoms with Gasteiger partial charge in [0.05, 0.1) is 18.3 Å². The number of rotatable bonds is 23. The second-order valence-corrected chi connectivity index (χ2v) is 37.5. The minimum Gasteiger partial charge on any atom is -0.413 e. The van der Waals surface area contributed by atoms with Crippen LogP contribution in [0.5, 0.6) is 0 Å². The molecule has 1 N–H and O–H groups in total. The van der Waals surface area contributed by atoms with Crippen molar-refractivity contribution in [3.05, 3.63) is 108 Å². The normalized spacial score (nSPS) is 16.5. The molecular weight excluding hydrogens is 851 g/mol. The Balaban J connectivity index is 1.96. The number of carbonyl (C=O) groups is 1. The van der Waals surface area contributed by atoms with Gasteiger partial charge in [0.15, 0.2) is 16.6 Å². The minimum atomic E-state index is -2.86. The number of nitrogens with zero attached hydrogens (tertiary/aromatic N) is 1. The number of Topliss-reactive ketones (excluding diaryl/α,β-unsaturated/α-hetero) is 1. The van der Waals surface area contributed by atoms with Crippen LogP contribution in [0.1, 0.15) is 142 Å². The Labute approximate surface area is 400 Å². The Bertz CT molecular complexity index is 1940. The zero-order chi connectivity index (χ0) is 49.2. The Hall–Kier alpha value is -2.77. The third-order valence-corrected chi connectivity index (χ3v) is 29.0. The number of hydrogen-bond donors (Lipinski definition) is 1. The second-order valence-electron chi connectivity index (χ2n) is 23.7. The molecule has 0 saturated heterocycles. The molecule has 0 fully saturated rings. The summed E-state index contributed by atoms with van der Waals surface area (Å²) in [5.41, 5.74) is 2.77. The molecular formula is C56H91NO5Si3. The molecule has 2 aromatic carbocycles. The summed E-state index contributed by atoms with van der Waals surface area (Å²) in [6.07, 6.45) is 11.6. The van der Waals surface area contributed by atoms with Crippen LogP contribution in [0.15, 0.2) is 102 Å². The monoisotopic (exact) mass is 942 g/mol. The van der Waals surface area contributed by atoms with Gasteiger partial charge in [-0.1, -0.05) is 174 Å². The largest absolute Gasteiger partial charge is 0.413 e. The quantitative estimate of drug-likeness (QED) is 0.0754. The van der Waals surface area contributed by atoms with Crippen LogP contribution >= 0.6 is 0 Å². The molecule has 3 rings (SSSR count). The summed E-state index contributed by atoms with van der Waals surface area (Å²) < 4.78 is 22.0. The SMILES string of the molecule is CC(=CC[C@H](O[Si](c1ccccc1)(c1ccccc1)C(C)(C)C)C(C)=Cc1cccnc1)CCC[C@H](C)[C@H](O[Si](C)(C)C(C)(C)C)[C@@H](C)C(=O)C(C)(C)[C@H](CCO)O[Si](C)(C)C(C)(C)C. The Kier molecular flexibility index (Phi) is 20.0. The standard InChI is InChI=1S/C56H91NO5Si3/c1-42(28-26-29-43(2)51(62-64(18,19)54(8,9)10)45(4)52(59)56(14,15)50(37-39-58)61-63(16,17)53(5,6)7)35-36-49(44(3)40-46-30-27-38-57-41-46)60-65(55(11,12)13,47-31-22-20-23-32-47)48-33-24-21-25-34-48/h20-25,27,30-35,38,40-41,43,45,49-51,58H,26,28-29,36-37,39H2,1-19H3/t43-,45+,49-,50-,51-/m0/s1. The van der Waals surface area contributed by atoms with E-state index in [4.69, 9.17) is 13.3 Å². The first-order chi connectivity index (χ1) is 29.9. The van der Waals surface area contributed by atoms with Gasteiger partial charge in [0.25, 0.3) is 8.32 Å². The van der Waals surface area contributed by atoms with E-state index in [2.05, 4.69) is 200 Å². The fraction of sp³-hybridized carbons (Fsp3) is 0.607. The van der Waals surface area contributed by atoms with Crippen molar-refractivity contribution in [2.24, 2.45) is 17.3 Å². The van der Waals surface area contributed by atoms with E-state index in [1.54, 1.807) is 0 Å². The third-order valence-electron chi connectivity index (χ3n) is 15.0. The Morgan fingerprint density at radius 2 is 1.23 bits per heavy atom. The zero-order valence-electron chi connectivity index (χ0n) is 44.4. The predicted molar refractivity (Wildman–Crippen MR) is 286 cm³/mol. The average Bonchev–Trinajstić information content (AvgIpc) is 3.21. The van der Waals surface area contributed by atoms with E-state index in [1.165, 1.54) is 21.5 Å². The smallest absolute Gasteiger partial charge is 0.261 e. The molecule has 1 aromatic heterocycles. The number of ketones is 1. The van der Waals surface area contributed by atoms with E-state index in [1.807, 2.05) is 32.3 Å². The van der Waals surface area contributed by atoms with Gasteiger partial charge in [-0.05, 0) is 121 Å². The molecule has 3 aromatic rings. The number of benzene rings is 2. The van der Waals surface area contributed by atoms with Crippen LogP contribution < -0.4 is 10.4 Å². The maximum absolute atomic E-state index is 14.9. The van der Waals surface area contributed by atoms with E-state index in [0.717, 1.165) is 31.2 Å². The van der Waals surface area contributed by atoms with Gasteiger partial charge in [0.2, 0.25) is 0 Å². The van der Waals surface area contributed by atoms with Gasteiger partial charge in [-0.15, -0.1) is 0 Å². The van der Waals surface area contributed by atoms with E-state index in [0.29, 0.717) is 6.42 Å². The van der Waals surface area contributed by atoms with Crippen molar-refractivity contribution >= 4 is 47.2 Å². The van der Waals surface area contributed by atoms with Crippen molar-refractivity contribution in [2.45, 2.75) is 196 Å². The molecule has 0 aliphatic rings. The molecule has 6 nitrogen and oxygen atoms in total. The lowest BCUT2D eigenvalue weighted by molar-refractivity contribution is -0.141. The van der Waals surface area contributed by atoms with Crippen molar-refractivity contribution in [2.75, 3.05) is 6.61 Å². The zero-order valence-corrected chi connectivity index (χ0v) is 47.4. The highest BCUT2D eigenvalue weighted by atomic mass is 28.4. The van der Waals surface area contributed by atoms with Crippen molar-refractivity contribution in [3.8, 4) is 0 Å². The van der Waals surface area contributed by atoms with Crippen molar-refractivity contribution in [1.82, 2.24) is 4.98 Å². The topological polar surface area (TPSA) is 77.9 Å². The molecule has 0 aliphatic carbocycles. The molecule has 0 bridgehead atoms. The molecule has 1 heterocycles. The first-order valence-corrected chi connectivity index (χ1v) is 32.2. The maximum Gasteiger partial charge on any atom is 0.261 e. The molecule has 0 aliphatic heterocycles. The average molecular weight is 943 g/mol. The summed E-state index contributed by atoms with van der Waals surface area (Å²) in [5, 5.41) is 12.6. The summed E-state index contributed by atoms with van der Waals surface area (Å²) in [6.45, 7) is 42.4. The third kappa shape index (κ3) is 14.6. The van der Waals surface area contributed by atoms with E-state index >= 15 is 0 Å². The van der Waals surface area contributed by atoms with Crippen molar-refractivity contribution in [1.29, 1.82) is 0 Å². The van der Waals surface area contributed by atoms with Crippen molar-refractivity contribution in [3.63, 3.8) is 0 Å². The van der Waals surface area contributed by atoms with Gasteiger partial charge in [-0.2, -0.15) is 0 Å². The van der Waals surface area contributed by atoms with Gasteiger partial charge in [0, 0.05) is 30.3 Å². The lowest BCUT2D eigenvalue weighted by Crippen LogP contribution is -2.67. The molecule has 0 radical (unpaired) electrons. The molecule has 9 heteroatoms. The predicted octanol–water partition coefficient (Wildman–Crippen LogP) is 14.0. The van der Waals surface area contributed by atoms with Crippen LogP contribution in [-0.2, 0) is 18.1 Å². The summed E-state index contributed by atoms with van der Waals surface area (Å²) in [4.78, 5) is 19.3. The fourth-order valence-electron chi connectivity index (χ4n) is 8.67. The van der Waals surface area contributed by atoms with Crippen LogP contribution in [0, 0.1) is 17.3 Å². The Morgan fingerprint density at radius 1 is 0.708 bits per heavy atom. The van der Waals surface area contributed by atoms with Gasteiger partial charge < -0.3 is 18.4 Å². The molecule has 0 spiro atoms. The number of aliphatic hydroxyl groups is 1. The Morgan fingerprint density at radius 3 is 1.69 bits per heavy atom. The lowest BCUT2D eigenvalue weighted by atomic mass is 9.73. The maximum atomic E-state index is 14.9. The summed E-state index contributed by atoms with van der Waals surface area (Å²) in [7, 11) is -7.35. The summed E-state index contributed by atoms with van der Waals surface area (Å²) in [6, 6.07) is 25.9. The molecule has 65 heavy (non-hydrogen) atoms. The van der Waals surface area contributed by atoms with Crippen LogP contribution in [0.25, 0.3) is 6.08 Å². The molecule has 0 saturated carbocycles. The van der Waals surface area contributed by atoms with Crippen LogP contribution in [0.3, 0.4) is 0 Å². The molecule has 5 atom stereocenters. The van der Waals surface area contributed by atoms with E-state index in [-0.39, 0.29) is 57.7 Å². The number of carbonyl (C=O) groups excluding carboxylic acids is 1. The first-order valence-electron chi connectivity index (χ1n) is 24.5. The summed E-state index contributed by atoms with van der Waals surface area (Å²) in [5.74, 6) is -0.0352. The van der Waals surface area contributed by atoms with E-state index < -0.39 is 30.4 Å². The van der Waals surface area contributed by atoms with Crippen LogP contribution in [0.4, 0.5) is 0 Å². The van der Waals surface area contributed by atoms with Gasteiger partial charge in [-0.3, -0.25) is 9.78 Å². The number of pyridine rings is 1. The number of allylic oxidation sites excluding steroid dienone is 1. The van der Waals surface area contributed by atoms with Crippen LogP contribution in [0.2, 0.25) is 41.3 Å². The highest BCUT2D eigenvalue weighted by molar-refractivity contribution is 6.99. The highest BCUT2D eigenvalue weighted by Gasteiger charge is 2.52. The van der Waals surface area contributed by atoms with Crippen LogP contribution in [-0.4, -0.2) is 65.7 Å². The molecule has 0 amide bonds. The van der Waals surface area contributed by atoms with Gasteiger partial charge >= 0.3 is 0 Å². The van der Waals surface area contributed by atoms with E-state index in [9.17, 15) is 9.90 Å². The highest BCUT2D eigenvalue weighted by Crippen LogP contribution is 2.44. The van der Waals surface area contributed by atoms with Crippen molar-refractivity contribution < 1.29 is 23.2 Å². The van der Waals surface area contributed by atoms with Gasteiger partial charge in [-0.25, -0.2) is 0 Å². The lowest BCUT2D eigenvalue weighted by Gasteiger charge is -2.46.